The number of thioether (sulfide) groups is 1. The van der Waals surface area contributed by atoms with Crippen LogP contribution in [0.15, 0.2) is 62.9 Å². The number of aryl methyl sites for hydroxylation is 2. The summed E-state index contributed by atoms with van der Waals surface area (Å²) in [5.41, 5.74) is 5.73. The standard InChI is InChI=1S/C26H25ClN4O2S/c1-16-4-3-5-19(12-16)25-28-23(17(2)33-25)15-34-26-29-22-10-11-31(14-21(22)24(32)30-26)13-18-6-8-20(27)9-7-18/h3-9,12H,10-11,13-15H2,1-2H3,(H,29,30,32). The fourth-order valence-electron chi connectivity index (χ4n) is 4.11. The van der Waals surface area contributed by atoms with E-state index in [-0.39, 0.29) is 5.56 Å². The molecule has 3 heterocycles. The van der Waals surface area contributed by atoms with Crippen LogP contribution >= 0.6 is 23.4 Å². The summed E-state index contributed by atoms with van der Waals surface area (Å²) in [6.45, 7) is 6.19. The molecule has 0 amide bonds. The van der Waals surface area contributed by atoms with E-state index in [1.54, 1.807) is 0 Å². The van der Waals surface area contributed by atoms with Crippen LogP contribution in [0.3, 0.4) is 0 Å². The first kappa shape index (κ1) is 22.9. The van der Waals surface area contributed by atoms with E-state index in [4.69, 9.17) is 21.0 Å². The van der Waals surface area contributed by atoms with E-state index in [0.29, 0.717) is 23.3 Å². The van der Waals surface area contributed by atoms with Gasteiger partial charge in [0, 0.05) is 42.4 Å². The second kappa shape index (κ2) is 9.78. The average molecular weight is 493 g/mol. The first-order valence-corrected chi connectivity index (χ1v) is 12.6. The van der Waals surface area contributed by atoms with E-state index in [2.05, 4.69) is 20.9 Å². The Hall–Kier alpha value is -2.87. The summed E-state index contributed by atoms with van der Waals surface area (Å²) in [4.78, 5) is 27.5. The van der Waals surface area contributed by atoms with Crippen LogP contribution < -0.4 is 5.56 Å². The number of nitrogens with zero attached hydrogens (tertiary/aromatic N) is 3. The molecule has 2 aromatic heterocycles. The number of hydrogen-bond acceptors (Lipinski definition) is 6. The number of hydrogen-bond donors (Lipinski definition) is 1. The molecule has 1 aliphatic rings. The van der Waals surface area contributed by atoms with Crippen LogP contribution in [0.1, 0.15) is 33.8 Å². The molecule has 5 rings (SSSR count). The van der Waals surface area contributed by atoms with Gasteiger partial charge in [-0.1, -0.05) is 53.2 Å². The number of aromatic nitrogens is 3. The highest BCUT2D eigenvalue weighted by Crippen LogP contribution is 2.27. The van der Waals surface area contributed by atoms with Gasteiger partial charge in [-0.15, -0.1) is 0 Å². The maximum Gasteiger partial charge on any atom is 0.256 e. The zero-order chi connectivity index (χ0) is 23.7. The lowest BCUT2D eigenvalue weighted by Gasteiger charge is -2.27. The van der Waals surface area contributed by atoms with Gasteiger partial charge in [-0.25, -0.2) is 9.97 Å². The molecular weight excluding hydrogens is 468 g/mol. The zero-order valence-corrected chi connectivity index (χ0v) is 20.7. The quantitative estimate of drug-likeness (QED) is 0.281. The third kappa shape index (κ3) is 5.12. The number of oxazole rings is 1. The summed E-state index contributed by atoms with van der Waals surface area (Å²) in [5.74, 6) is 1.97. The van der Waals surface area contributed by atoms with Crippen molar-refractivity contribution in [3.05, 3.63) is 97.7 Å². The van der Waals surface area contributed by atoms with Crippen molar-refractivity contribution in [1.29, 1.82) is 0 Å². The Balaban J connectivity index is 1.27. The first-order chi connectivity index (χ1) is 16.4. The molecule has 0 fully saturated rings. The second-order valence-corrected chi connectivity index (χ2v) is 9.96. The van der Waals surface area contributed by atoms with Crippen molar-refractivity contribution in [2.24, 2.45) is 0 Å². The van der Waals surface area contributed by atoms with Crippen LogP contribution in [0.2, 0.25) is 5.02 Å². The summed E-state index contributed by atoms with van der Waals surface area (Å²) in [6, 6.07) is 15.9. The van der Waals surface area contributed by atoms with Crippen molar-refractivity contribution in [2.75, 3.05) is 6.54 Å². The van der Waals surface area contributed by atoms with E-state index in [9.17, 15) is 4.79 Å². The maximum atomic E-state index is 12.8. The lowest BCUT2D eigenvalue weighted by molar-refractivity contribution is 0.241. The van der Waals surface area contributed by atoms with Crippen molar-refractivity contribution in [3.63, 3.8) is 0 Å². The van der Waals surface area contributed by atoms with Crippen LogP contribution in [0.4, 0.5) is 0 Å². The van der Waals surface area contributed by atoms with E-state index in [1.807, 2.05) is 56.3 Å². The first-order valence-electron chi connectivity index (χ1n) is 11.2. The summed E-state index contributed by atoms with van der Waals surface area (Å²) in [7, 11) is 0. The molecule has 2 aromatic carbocycles. The van der Waals surface area contributed by atoms with Gasteiger partial charge in [0.15, 0.2) is 5.16 Å². The van der Waals surface area contributed by atoms with Crippen LogP contribution in [0.5, 0.6) is 0 Å². The molecule has 0 saturated carbocycles. The summed E-state index contributed by atoms with van der Waals surface area (Å²) >= 11 is 7.46. The largest absolute Gasteiger partial charge is 0.441 e. The van der Waals surface area contributed by atoms with Crippen molar-refractivity contribution >= 4 is 23.4 Å². The molecule has 4 aromatic rings. The molecule has 1 N–H and O–H groups in total. The third-order valence-corrected chi connectivity index (χ3v) is 7.09. The topological polar surface area (TPSA) is 75.0 Å². The van der Waals surface area contributed by atoms with Crippen molar-refractivity contribution < 1.29 is 4.42 Å². The average Bonchev–Trinajstić information content (AvgIpc) is 3.20. The summed E-state index contributed by atoms with van der Waals surface area (Å²) < 4.78 is 5.90. The van der Waals surface area contributed by atoms with Crippen molar-refractivity contribution in [2.45, 2.75) is 44.3 Å². The van der Waals surface area contributed by atoms with Gasteiger partial charge in [-0.2, -0.15) is 0 Å². The van der Waals surface area contributed by atoms with E-state index < -0.39 is 0 Å². The Bertz CT molecular complexity index is 1380. The normalized spacial score (nSPS) is 13.7. The molecule has 34 heavy (non-hydrogen) atoms. The SMILES string of the molecule is Cc1cccc(-c2nc(CSc3nc4c(c(=O)[nH]3)CN(Cc3ccc(Cl)cc3)CC4)c(C)o2)c1. The predicted octanol–water partition coefficient (Wildman–Crippen LogP) is 5.55. The number of aromatic amines is 1. The molecule has 0 spiro atoms. The molecule has 0 unspecified atom stereocenters. The number of H-pyrrole nitrogens is 1. The molecule has 0 radical (unpaired) electrons. The lowest BCUT2D eigenvalue weighted by Crippen LogP contribution is -2.35. The van der Waals surface area contributed by atoms with Crippen LogP contribution in [0, 0.1) is 13.8 Å². The fourth-order valence-corrected chi connectivity index (χ4v) is 5.12. The van der Waals surface area contributed by atoms with Gasteiger partial charge < -0.3 is 9.40 Å². The van der Waals surface area contributed by atoms with E-state index in [0.717, 1.165) is 58.4 Å². The Morgan fingerprint density at radius 2 is 1.97 bits per heavy atom. The Kier molecular flexibility index (Phi) is 6.59. The molecule has 0 bridgehead atoms. The molecule has 6 nitrogen and oxygen atoms in total. The third-order valence-electron chi connectivity index (χ3n) is 5.95. The molecule has 8 heteroatoms. The van der Waals surface area contributed by atoms with Gasteiger partial charge in [0.1, 0.15) is 5.76 Å². The highest BCUT2D eigenvalue weighted by molar-refractivity contribution is 7.98. The minimum Gasteiger partial charge on any atom is -0.441 e. The lowest BCUT2D eigenvalue weighted by atomic mass is 10.1. The Morgan fingerprint density at radius 1 is 1.15 bits per heavy atom. The molecule has 174 valence electrons. The molecule has 0 saturated heterocycles. The van der Waals surface area contributed by atoms with E-state index in [1.165, 1.54) is 17.3 Å². The minimum atomic E-state index is -0.0642. The van der Waals surface area contributed by atoms with Gasteiger partial charge in [0.25, 0.3) is 5.56 Å². The molecule has 1 aliphatic heterocycles. The van der Waals surface area contributed by atoms with Gasteiger partial charge in [-0.3, -0.25) is 9.69 Å². The number of fused-ring (bicyclic) bond motifs is 1. The summed E-state index contributed by atoms with van der Waals surface area (Å²) in [5, 5.41) is 1.35. The Labute approximate surface area is 207 Å². The minimum absolute atomic E-state index is 0.0642. The molecule has 0 atom stereocenters. The zero-order valence-electron chi connectivity index (χ0n) is 19.1. The second-order valence-electron chi connectivity index (χ2n) is 8.56. The number of rotatable bonds is 6. The highest BCUT2D eigenvalue weighted by atomic mass is 35.5. The van der Waals surface area contributed by atoms with E-state index >= 15 is 0 Å². The highest BCUT2D eigenvalue weighted by Gasteiger charge is 2.22. The van der Waals surface area contributed by atoms with Gasteiger partial charge in [0.2, 0.25) is 5.89 Å². The van der Waals surface area contributed by atoms with Crippen LogP contribution in [-0.4, -0.2) is 26.4 Å². The van der Waals surface area contributed by atoms with Crippen LogP contribution in [-0.2, 0) is 25.3 Å². The van der Waals surface area contributed by atoms with Crippen molar-refractivity contribution in [3.8, 4) is 11.5 Å². The van der Waals surface area contributed by atoms with Gasteiger partial charge >= 0.3 is 0 Å². The number of benzene rings is 2. The molecule has 0 aliphatic carbocycles. The van der Waals surface area contributed by atoms with Gasteiger partial charge in [-0.05, 0) is 43.7 Å². The smallest absolute Gasteiger partial charge is 0.256 e. The maximum absolute atomic E-state index is 12.8. The molecular formula is C26H25ClN4O2S. The van der Waals surface area contributed by atoms with Crippen LogP contribution in [0.25, 0.3) is 11.5 Å². The Morgan fingerprint density at radius 3 is 2.76 bits per heavy atom. The van der Waals surface area contributed by atoms with Crippen molar-refractivity contribution in [1.82, 2.24) is 19.9 Å². The predicted molar refractivity (Wildman–Crippen MR) is 135 cm³/mol. The number of nitrogens with one attached hydrogen (secondary N) is 1. The van der Waals surface area contributed by atoms with Gasteiger partial charge in [0.05, 0.1) is 17.0 Å². The fraction of sp³-hybridized carbons (Fsp3) is 0.269. The monoisotopic (exact) mass is 492 g/mol. The number of halogens is 1. The summed E-state index contributed by atoms with van der Waals surface area (Å²) in [6.07, 6.45) is 0.751.